The van der Waals surface area contributed by atoms with E-state index in [1.54, 1.807) is 48.5 Å². The van der Waals surface area contributed by atoms with Crippen LogP contribution in [-0.2, 0) is 19.6 Å². The molecule has 1 saturated heterocycles. The molecule has 0 bridgehead atoms. The molecule has 1 aliphatic rings. The number of nitro groups is 1. The lowest BCUT2D eigenvalue weighted by Crippen LogP contribution is -2.39. The van der Waals surface area contributed by atoms with Crippen LogP contribution in [0.25, 0.3) is 0 Å². The van der Waals surface area contributed by atoms with E-state index in [1.165, 1.54) is 30.5 Å². The highest BCUT2D eigenvalue weighted by Crippen LogP contribution is 2.26. The molecule has 0 radical (unpaired) electrons. The van der Waals surface area contributed by atoms with E-state index in [0.717, 1.165) is 9.87 Å². The van der Waals surface area contributed by atoms with Gasteiger partial charge in [0.15, 0.2) is 0 Å². The van der Waals surface area contributed by atoms with Gasteiger partial charge < -0.3 is 9.64 Å². The monoisotopic (exact) mass is 537 g/mol. The van der Waals surface area contributed by atoms with Crippen LogP contribution in [0.5, 0.6) is 0 Å². The Morgan fingerprint density at radius 3 is 2.45 bits per heavy atom. The Bertz CT molecular complexity index is 1420. The molecule has 0 atom stereocenters. The van der Waals surface area contributed by atoms with Crippen LogP contribution >= 0.6 is 0 Å². The van der Waals surface area contributed by atoms with Crippen molar-refractivity contribution in [1.82, 2.24) is 5.43 Å². The van der Waals surface area contributed by atoms with E-state index in [1.807, 2.05) is 11.8 Å². The number of hydrogen-bond acceptors (Lipinski definition) is 8. The number of aryl methyl sites for hydroxylation is 1. The van der Waals surface area contributed by atoms with Gasteiger partial charge >= 0.3 is 0 Å². The molecular weight excluding hydrogens is 510 g/mol. The minimum atomic E-state index is -4.05. The molecule has 1 fully saturated rings. The van der Waals surface area contributed by atoms with Crippen molar-refractivity contribution in [2.24, 2.45) is 5.10 Å². The van der Waals surface area contributed by atoms with Gasteiger partial charge in [-0.3, -0.25) is 19.2 Å². The van der Waals surface area contributed by atoms with Gasteiger partial charge in [0.05, 0.1) is 34.9 Å². The van der Waals surface area contributed by atoms with E-state index >= 15 is 0 Å². The molecular formula is C26H27N5O6S. The number of benzene rings is 3. The fourth-order valence-corrected chi connectivity index (χ4v) is 5.38. The number of nitro benzene ring substituents is 1. The highest BCUT2D eigenvalue weighted by Gasteiger charge is 2.27. The van der Waals surface area contributed by atoms with Crippen LogP contribution in [0.1, 0.15) is 11.1 Å². The third-order valence-electron chi connectivity index (χ3n) is 5.91. The summed E-state index contributed by atoms with van der Waals surface area (Å²) in [5, 5.41) is 15.3. The van der Waals surface area contributed by atoms with E-state index in [-0.39, 0.29) is 10.6 Å². The number of nitrogens with one attached hydrogen (secondary N) is 1. The number of ether oxygens (including phenoxy) is 1. The molecule has 12 heteroatoms. The maximum Gasteiger partial charge on any atom is 0.270 e. The van der Waals surface area contributed by atoms with E-state index in [0.29, 0.717) is 43.2 Å². The number of non-ortho nitro benzene ring substituents is 1. The van der Waals surface area contributed by atoms with Gasteiger partial charge in [0.25, 0.3) is 21.6 Å². The smallest absolute Gasteiger partial charge is 0.270 e. The number of rotatable bonds is 9. The molecule has 1 aliphatic heterocycles. The summed E-state index contributed by atoms with van der Waals surface area (Å²) in [4.78, 5) is 25.7. The van der Waals surface area contributed by atoms with E-state index in [9.17, 15) is 23.3 Å². The van der Waals surface area contributed by atoms with Crippen LogP contribution in [0.2, 0.25) is 0 Å². The van der Waals surface area contributed by atoms with Crippen molar-refractivity contribution in [3.8, 4) is 0 Å². The molecule has 0 spiro atoms. The predicted octanol–water partition coefficient (Wildman–Crippen LogP) is 3.09. The fraction of sp³-hybridized carbons (Fsp3) is 0.231. The predicted molar refractivity (Wildman–Crippen MR) is 144 cm³/mol. The number of carbonyl (C=O) groups is 1. The Hall–Kier alpha value is -4.29. The topological polar surface area (TPSA) is 134 Å². The average Bonchev–Trinajstić information content (AvgIpc) is 2.93. The van der Waals surface area contributed by atoms with Gasteiger partial charge in [-0.2, -0.15) is 5.10 Å². The number of sulfonamides is 1. The quantitative estimate of drug-likeness (QED) is 0.252. The van der Waals surface area contributed by atoms with Crippen LogP contribution in [0, 0.1) is 17.0 Å². The number of amides is 1. The molecule has 38 heavy (non-hydrogen) atoms. The average molecular weight is 538 g/mol. The van der Waals surface area contributed by atoms with Gasteiger partial charge in [-0.1, -0.05) is 35.9 Å². The first-order chi connectivity index (χ1) is 18.3. The molecule has 0 unspecified atom stereocenters. The number of hydrogen-bond donors (Lipinski definition) is 1. The Kier molecular flexibility index (Phi) is 8.34. The summed E-state index contributed by atoms with van der Waals surface area (Å²) in [6.07, 6.45) is 1.32. The molecule has 1 heterocycles. The second-order valence-electron chi connectivity index (χ2n) is 8.55. The first-order valence-electron chi connectivity index (χ1n) is 11.8. The van der Waals surface area contributed by atoms with Crippen molar-refractivity contribution >= 4 is 39.2 Å². The molecule has 11 nitrogen and oxygen atoms in total. The summed E-state index contributed by atoms with van der Waals surface area (Å²) < 4.78 is 33.2. The maximum absolute atomic E-state index is 13.4. The molecule has 3 aromatic rings. The second-order valence-corrected chi connectivity index (χ2v) is 10.4. The molecule has 1 N–H and O–H groups in total. The van der Waals surface area contributed by atoms with E-state index in [4.69, 9.17) is 4.74 Å². The second kappa shape index (κ2) is 11.8. The van der Waals surface area contributed by atoms with E-state index in [2.05, 4.69) is 10.5 Å². The van der Waals surface area contributed by atoms with Crippen molar-refractivity contribution in [2.75, 3.05) is 42.1 Å². The van der Waals surface area contributed by atoms with Crippen molar-refractivity contribution in [3.63, 3.8) is 0 Å². The normalized spacial score (nSPS) is 13.9. The Morgan fingerprint density at radius 2 is 1.79 bits per heavy atom. The molecule has 4 rings (SSSR count). The first-order valence-corrected chi connectivity index (χ1v) is 13.3. The minimum Gasteiger partial charge on any atom is -0.378 e. The Balaban J connectivity index is 1.56. The Morgan fingerprint density at radius 1 is 1.11 bits per heavy atom. The standard InChI is InChI=1S/C26H27N5O6S/c1-20-7-9-22(10-8-20)30(38(35,36)24-5-3-2-4-6-24)19-26(32)28-27-18-21-17-23(31(33)34)11-12-25(21)29-13-15-37-16-14-29/h2-12,17-18H,13-16,19H2,1H3,(H,28,32)/b27-18-. The third-order valence-corrected chi connectivity index (χ3v) is 7.70. The summed E-state index contributed by atoms with van der Waals surface area (Å²) >= 11 is 0. The number of hydrazone groups is 1. The molecule has 0 aliphatic carbocycles. The van der Waals surface area contributed by atoms with Gasteiger partial charge in [-0.25, -0.2) is 13.8 Å². The molecule has 198 valence electrons. The fourth-order valence-electron chi connectivity index (χ4n) is 3.94. The molecule has 3 aromatic carbocycles. The summed E-state index contributed by atoms with van der Waals surface area (Å²) in [6.45, 7) is 3.61. The third kappa shape index (κ3) is 6.33. The molecule has 1 amide bonds. The number of carbonyl (C=O) groups excluding carboxylic acids is 1. The van der Waals surface area contributed by atoms with Crippen molar-refractivity contribution in [1.29, 1.82) is 0 Å². The molecule has 0 saturated carbocycles. The lowest BCUT2D eigenvalue weighted by atomic mass is 10.1. The zero-order valence-corrected chi connectivity index (χ0v) is 21.5. The van der Waals surface area contributed by atoms with Crippen LogP contribution in [0.3, 0.4) is 0 Å². The summed E-state index contributed by atoms with van der Waals surface area (Å²) in [6, 6.07) is 19.0. The zero-order valence-electron chi connectivity index (χ0n) is 20.7. The Labute approximate surface area is 220 Å². The van der Waals surface area contributed by atoms with Gasteiger partial charge in [0, 0.05) is 36.5 Å². The number of nitrogens with zero attached hydrogens (tertiary/aromatic N) is 4. The lowest BCUT2D eigenvalue weighted by Gasteiger charge is -2.29. The largest absolute Gasteiger partial charge is 0.378 e. The van der Waals surface area contributed by atoms with Crippen LogP contribution < -0.4 is 14.6 Å². The first kappa shape index (κ1) is 26.8. The SMILES string of the molecule is Cc1ccc(N(CC(=O)N/N=C\c2cc([N+](=O)[O-])ccc2N2CCOCC2)S(=O)(=O)c2ccccc2)cc1. The highest BCUT2D eigenvalue weighted by atomic mass is 32.2. The van der Waals surface area contributed by atoms with Crippen LogP contribution in [0.15, 0.2) is 82.8 Å². The van der Waals surface area contributed by atoms with E-state index < -0.39 is 27.4 Å². The van der Waals surface area contributed by atoms with Crippen molar-refractivity contribution < 1.29 is 22.9 Å². The van der Waals surface area contributed by atoms with Gasteiger partial charge in [-0.15, -0.1) is 0 Å². The van der Waals surface area contributed by atoms with Crippen molar-refractivity contribution in [2.45, 2.75) is 11.8 Å². The summed E-state index contributed by atoms with van der Waals surface area (Å²) in [7, 11) is -4.05. The van der Waals surface area contributed by atoms with Crippen LogP contribution in [-0.4, -0.2) is 58.3 Å². The van der Waals surface area contributed by atoms with Gasteiger partial charge in [-0.05, 0) is 37.3 Å². The highest BCUT2D eigenvalue weighted by molar-refractivity contribution is 7.92. The summed E-state index contributed by atoms with van der Waals surface area (Å²) in [5.74, 6) is -0.681. The number of anilines is 2. The maximum atomic E-state index is 13.4. The zero-order chi connectivity index (χ0) is 27.1. The minimum absolute atomic E-state index is 0.0450. The van der Waals surface area contributed by atoms with Gasteiger partial charge in [0.1, 0.15) is 6.54 Å². The lowest BCUT2D eigenvalue weighted by molar-refractivity contribution is -0.384. The van der Waals surface area contributed by atoms with Crippen molar-refractivity contribution in [3.05, 3.63) is 94.0 Å². The number of morpholine rings is 1. The van der Waals surface area contributed by atoms with Crippen LogP contribution in [0.4, 0.5) is 17.1 Å². The van der Waals surface area contributed by atoms with Gasteiger partial charge in [0.2, 0.25) is 0 Å². The summed E-state index contributed by atoms with van der Waals surface area (Å²) in [5.41, 5.74) is 4.66. The molecule has 0 aromatic heterocycles.